The minimum atomic E-state index is -1.82. The summed E-state index contributed by atoms with van der Waals surface area (Å²) in [4.78, 5) is 42.2. The van der Waals surface area contributed by atoms with Gasteiger partial charge in [0.05, 0.1) is 49.7 Å². The maximum Gasteiger partial charge on any atom is 0.333 e. The summed E-state index contributed by atoms with van der Waals surface area (Å²) >= 11 is 1.20. The minimum absolute atomic E-state index is 0.0182. The van der Waals surface area contributed by atoms with Gasteiger partial charge in [0.25, 0.3) is 5.56 Å². The van der Waals surface area contributed by atoms with Crippen LogP contribution in [0.3, 0.4) is 0 Å². The van der Waals surface area contributed by atoms with E-state index in [0.717, 1.165) is 35.8 Å². The molecule has 222 valence electrons. The Labute approximate surface area is 245 Å². The maximum absolute atomic E-state index is 14.2. The van der Waals surface area contributed by atoms with Crippen molar-refractivity contribution in [3.8, 4) is 10.8 Å². The van der Waals surface area contributed by atoms with Gasteiger partial charge in [-0.25, -0.2) is 14.2 Å². The van der Waals surface area contributed by atoms with E-state index in [9.17, 15) is 19.5 Å². The molecule has 5 heterocycles. The Kier molecular flexibility index (Phi) is 7.27. The topological polar surface area (TPSA) is 140 Å². The van der Waals surface area contributed by atoms with Crippen LogP contribution in [0.25, 0.3) is 15.2 Å². The average Bonchev–Trinajstić information content (AvgIpc) is 3.69. The number of rotatable bonds is 9. The summed E-state index contributed by atoms with van der Waals surface area (Å²) in [5, 5.41) is 19.3. The van der Waals surface area contributed by atoms with Crippen LogP contribution >= 0.6 is 11.3 Å². The van der Waals surface area contributed by atoms with Crippen LogP contribution in [0.2, 0.25) is 0 Å². The summed E-state index contributed by atoms with van der Waals surface area (Å²) in [5.74, 6) is -0.700. The van der Waals surface area contributed by atoms with Crippen molar-refractivity contribution < 1.29 is 24.1 Å². The number of aryl methyl sites for hydroxylation is 1. The molecular weight excluding hydrogens is 562 g/mol. The number of thiophene rings is 1. The third-order valence-electron chi connectivity index (χ3n) is 8.31. The molecule has 2 saturated heterocycles. The Bertz CT molecular complexity index is 1740. The number of carbonyl (C=O) groups is 1. The summed E-state index contributed by atoms with van der Waals surface area (Å²) in [6.45, 7) is 4.46. The first kappa shape index (κ1) is 28.3. The van der Waals surface area contributed by atoms with E-state index in [4.69, 9.17) is 14.2 Å². The molecule has 6 rings (SSSR count). The summed E-state index contributed by atoms with van der Waals surface area (Å²) in [6.07, 6.45) is 6.06. The van der Waals surface area contributed by atoms with Crippen molar-refractivity contribution in [3.05, 3.63) is 68.6 Å². The second-order valence-corrected chi connectivity index (χ2v) is 12.3. The zero-order valence-corrected chi connectivity index (χ0v) is 24.7. The van der Waals surface area contributed by atoms with Crippen molar-refractivity contribution in [2.45, 2.75) is 83.0 Å². The van der Waals surface area contributed by atoms with Crippen LogP contribution in [0.5, 0.6) is 5.75 Å². The van der Waals surface area contributed by atoms with Crippen LogP contribution in [0.1, 0.15) is 56.8 Å². The number of carboxylic acid groups (broad SMARTS) is 1. The molecule has 2 fully saturated rings. The number of para-hydroxylation sites is 1. The number of carboxylic acids is 1. The SMILES string of the molecule is COc1ccccc1[C@H](Cn1c(=O)n(C(C)(C)C(=O)O)c(=O)c2c(C)c(-n3nccn3)sc21)OC1C[C@H]2CC[C@@H](C1)O2. The summed E-state index contributed by atoms with van der Waals surface area (Å²) in [6, 6.07) is 7.48. The van der Waals surface area contributed by atoms with Gasteiger partial charge in [0.15, 0.2) is 0 Å². The van der Waals surface area contributed by atoms with Gasteiger partial charge in [-0.1, -0.05) is 29.5 Å². The molecule has 1 N–H and O–H groups in total. The molecule has 2 aliphatic rings. The summed E-state index contributed by atoms with van der Waals surface area (Å²) < 4.78 is 20.8. The van der Waals surface area contributed by atoms with Gasteiger partial charge in [0, 0.05) is 11.1 Å². The minimum Gasteiger partial charge on any atom is -0.496 e. The van der Waals surface area contributed by atoms with Crippen molar-refractivity contribution in [2.24, 2.45) is 0 Å². The van der Waals surface area contributed by atoms with Crippen LogP contribution < -0.4 is 16.0 Å². The molecule has 4 atom stereocenters. The van der Waals surface area contributed by atoms with Gasteiger partial charge in [-0.15, -0.1) is 4.80 Å². The number of benzene rings is 1. The second-order valence-electron chi connectivity index (χ2n) is 11.3. The highest BCUT2D eigenvalue weighted by Crippen LogP contribution is 2.39. The number of hydrogen-bond acceptors (Lipinski definition) is 9. The fourth-order valence-electron chi connectivity index (χ4n) is 6.06. The Morgan fingerprint density at radius 3 is 2.48 bits per heavy atom. The van der Waals surface area contributed by atoms with Gasteiger partial charge < -0.3 is 19.3 Å². The van der Waals surface area contributed by atoms with Crippen molar-refractivity contribution in [1.82, 2.24) is 24.1 Å². The zero-order chi connectivity index (χ0) is 29.8. The lowest BCUT2D eigenvalue weighted by molar-refractivity contribution is -0.146. The van der Waals surface area contributed by atoms with Gasteiger partial charge >= 0.3 is 11.7 Å². The van der Waals surface area contributed by atoms with Crippen molar-refractivity contribution in [3.63, 3.8) is 0 Å². The smallest absolute Gasteiger partial charge is 0.333 e. The van der Waals surface area contributed by atoms with Crippen LogP contribution in [0.4, 0.5) is 0 Å². The van der Waals surface area contributed by atoms with Gasteiger partial charge in [-0.3, -0.25) is 9.36 Å². The standard InChI is InChI=1S/C29H33N5O7S/c1-16-23-24(35)33(29(2,3)27(36)37)28(38)32(26(23)42-25(16)34-30-11-12-31-34)15-22(20-7-5-6-8-21(20)39-4)41-19-13-17-9-10-18(14-19)40-17/h5-8,11-12,17-19,22H,9-10,13-15H2,1-4H3,(H,36,37)/t17-,18+,19?,22-/m0/s1. The van der Waals surface area contributed by atoms with Crippen LogP contribution in [0.15, 0.2) is 46.2 Å². The highest BCUT2D eigenvalue weighted by Gasteiger charge is 2.39. The first-order chi connectivity index (χ1) is 20.1. The van der Waals surface area contributed by atoms with E-state index in [-0.39, 0.29) is 30.2 Å². The molecule has 1 unspecified atom stereocenters. The number of aromatic nitrogens is 5. The largest absolute Gasteiger partial charge is 0.496 e. The predicted molar refractivity (Wildman–Crippen MR) is 155 cm³/mol. The number of aliphatic carboxylic acids is 1. The lowest BCUT2D eigenvalue weighted by Crippen LogP contribution is -2.52. The van der Waals surface area contributed by atoms with Crippen molar-refractivity contribution in [2.75, 3.05) is 7.11 Å². The molecular formula is C29H33N5O7S. The van der Waals surface area contributed by atoms with Crippen LogP contribution in [-0.4, -0.2) is 60.6 Å². The molecule has 12 nitrogen and oxygen atoms in total. The molecule has 42 heavy (non-hydrogen) atoms. The second kappa shape index (κ2) is 10.8. The molecule has 4 aromatic rings. The fraction of sp³-hybridized carbons (Fsp3) is 0.483. The fourth-order valence-corrected chi connectivity index (χ4v) is 7.28. The Morgan fingerprint density at radius 2 is 1.83 bits per heavy atom. The zero-order valence-electron chi connectivity index (χ0n) is 23.9. The highest BCUT2D eigenvalue weighted by atomic mass is 32.1. The summed E-state index contributed by atoms with van der Waals surface area (Å²) in [7, 11) is 1.58. The normalized spacial score (nSPS) is 21.1. The molecule has 0 saturated carbocycles. The number of ether oxygens (including phenoxy) is 3. The monoisotopic (exact) mass is 595 g/mol. The van der Waals surface area contributed by atoms with Crippen molar-refractivity contribution in [1.29, 1.82) is 0 Å². The highest BCUT2D eigenvalue weighted by molar-refractivity contribution is 7.21. The molecule has 13 heteroatoms. The molecule has 1 aromatic carbocycles. The van der Waals surface area contributed by atoms with Crippen molar-refractivity contribution >= 4 is 27.5 Å². The lowest BCUT2D eigenvalue weighted by Gasteiger charge is -2.32. The number of hydrogen-bond donors (Lipinski definition) is 1. The third-order valence-corrected chi connectivity index (χ3v) is 9.59. The van der Waals surface area contributed by atoms with Gasteiger partial charge in [-0.05, 0) is 52.5 Å². The molecule has 2 aliphatic heterocycles. The van der Waals surface area contributed by atoms with E-state index in [1.54, 1.807) is 14.0 Å². The number of methoxy groups -OCH3 is 1. The van der Waals surface area contributed by atoms with Gasteiger partial charge in [0.1, 0.15) is 27.2 Å². The predicted octanol–water partition coefficient (Wildman–Crippen LogP) is 3.41. The van der Waals surface area contributed by atoms with E-state index >= 15 is 0 Å². The Morgan fingerprint density at radius 1 is 1.17 bits per heavy atom. The van der Waals surface area contributed by atoms with E-state index in [0.29, 0.717) is 21.1 Å². The molecule has 0 radical (unpaired) electrons. The van der Waals surface area contributed by atoms with E-state index in [1.807, 2.05) is 24.3 Å². The van der Waals surface area contributed by atoms with Crippen LogP contribution in [0, 0.1) is 6.92 Å². The number of nitrogens with zero attached hydrogens (tertiary/aromatic N) is 5. The molecule has 3 aromatic heterocycles. The number of fused-ring (bicyclic) bond motifs is 3. The molecule has 0 spiro atoms. The van der Waals surface area contributed by atoms with E-state index in [2.05, 4.69) is 10.2 Å². The maximum atomic E-state index is 14.2. The third kappa shape index (κ3) is 4.74. The lowest BCUT2D eigenvalue weighted by atomic mass is 10.0. The molecule has 0 aliphatic carbocycles. The Balaban J connectivity index is 1.55. The van der Waals surface area contributed by atoms with E-state index < -0.39 is 28.9 Å². The average molecular weight is 596 g/mol. The molecule has 2 bridgehead atoms. The quantitative estimate of drug-likeness (QED) is 0.308. The van der Waals surface area contributed by atoms with E-state index in [1.165, 1.54) is 46.9 Å². The van der Waals surface area contributed by atoms with Gasteiger partial charge in [0.2, 0.25) is 0 Å². The first-order valence-electron chi connectivity index (χ1n) is 13.9. The summed E-state index contributed by atoms with van der Waals surface area (Å²) in [5.41, 5.74) is -1.94. The first-order valence-corrected chi connectivity index (χ1v) is 14.7. The molecule has 0 amide bonds. The van der Waals surface area contributed by atoms with Crippen LogP contribution in [-0.2, 0) is 26.4 Å². The Hall–Kier alpha value is -3.81. The van der Waals surface area contributed by atoms with Gasteiger partial charge in [-0.2, -0.15) is 10.2 Å².